The van der Waals surface area contributed by atoms with E-state index in [2.05, 4.69) is 17.0 Å². The van der Waals surface area contributed by atoms with Crippen LogP contribution in [0.3, 0.4) is 0 Å². The molecule has 154 valence electrons. The highest BCUT2D eigenvalue weighted by Crippen LogP contribution is 2.46. The van der Waals surface area contributed by atoms with Gasteiger partial charge in [0.2, 0.25) is 5.75 Å². The first-order valence-corrected chi connectivity index (χ1v) is 10.8. The number of piperidine rings is 1. The number of fused-ring (bicyclic) bond motifs is 3. The summed E-state index contributed by atoms with van der Waals surface area (Å²) < 4.78 is 18.0. The molecule has 1 N–H and O–H groups in total. The van der Waals surface area contributed by atoms with Crippen LogP contribution in [0, 0.1) is 0 Å². The van der Waals surface area contributed by atoms with E-state index < -0.39 is 5.60 Å². The van der Waals surface area contributed by atoms with E-state index >= 15 is 0 Å². The Kier molecular flexibility index (Phi) is 4.88. The summed E-state index contributed by atoms with van der Waals surface area (Å²) in [5.74, 6) is 2.22. The first-order chi connectivity index (χ1) is 14.2. The molecule has 0 radical (unpaired) electrons. The summed E-state index contributed by atoms with van der Waals surface area (Å²) in [6.07, 6.45) is 3.79. The smallest absolute Gasteiger partial charge is 0.204 e. The summed E-state index contributed by atoms with van der Waals surface area (Å²) in [6.45, 7) is 3.93. The van der Waals surface area contributed by atoms with Gasteiger partial charge in [-0.2, -0.15) is 0 Å². The van der Waals surface area contributed by atoms with Crippen molar-refractivity contribution in [1.82, 2.24) is 4.90 Å². The fourth-order valence-electron chi connectivity index (χ4n) is 5.30. The standard InChI is InChI=1S/C24H29NO4/c1-2-27-21-9-6-10-22-23(21)29-20(16-28-22)15-25-18-11-12-19(25)14-24(26,13-18)17-7-4-3-5-8-17/h3-10,18-20,26H,2,11-16H2,1H3. The van der Waals surface area contributed by atoms with E-state index in [-0.39, 0.29) is 6.10 Å². The molecule has 3 aliphatic rings. The van der Waals surface area contributed by atoms with Crippen LogP contribution in [0.5, 0.6) is 17.2 Å². The summed E-state index contributed by atoms with van der Waals surface area (Å²) in [6, 6.07) is 16.7. The topological polar surface area (TPSA) is 51.2 Å². The van der Waals surface area contributed by atoms with Crippen LogP contribution in [0.15, 0.2) is 48.5 Å². The minimum absolute atomic E-state index is 0.0323. The molecule has 5 heteroatoms. The average molecular weight is 395 g/mol. The molecule has 2 aromatic carbocycles. The third-order valence-corrected chi connectivity index (χ3v) is 6.60. The minimum atomic E-state index is -0.720. The van der Waals surface area contributed by atoms with Gasteiger partial charge in [0.1, 0.15) is 12.7 Å². The lowest BCUT2D eigenvalue weighted by Crippen LogP contribution is -2.53. The minimum Gasteiger partial charge on any atom is -0.490 e. The SMILES string of the molecule is CCOc1cccc2c1OC(CN1C3CCC1CC(O)(c1ccccc1)C3)CO2. The zero-order valence-electron chi connectivity index (χ0n) is 16.9. The quantitative estimate of drug-likeness (QED) is 0.836. The Morgan fingerprint density at radius 1 is 1.07 bits per heavy atom. The van der Waals surface area contributed by atoms with E-state index in [1.807, 2.05) is 43.3 Å². The van der Waals surface area contributed by atoms with E-state index in [1.165, 1.54) is 0 Å². The van der Waals surface area contributed by atoms with Gasteiger partial charge in [0.05, 0.1) is 12.2 Å². The zero-order chi connectivity index (χ0) is 19.8. The van der Waals surface area contributed by atoms with Crippen molar-refractivity contribution in [3.8, 4) is 17.2 Å². The lowest BCUT2D eigenvalue weighted by molar-refractivity contribution is -0.0689. The molecule has 29 heavy (non-hydrogen) atoms. The van der Waals surface area contributed by atoms with Gasteiger partial charge < -0.3 is 19.3 Å². The molecule has 2 aromatic rings. The molecule has 5 nitrogen and oxygen atoms in total. The summed E-state index contributed by atoms with van der Waals surface area (Å²) in [5.41, 5.74) is 0.325. The maximum atomic E-state index is 11.4. The van der Waals surface area contributed by atoms with E-state index in [0.717, 1.165) is 55.0 Å². The highest BCUT2D eigenvalue weighted by Gasteiger charge is 2.49. The van der Waals surface area contributed by atoms with E-state index in [1.54, 1.807) is 0 Å². The van der Waals surface area contributed by atoms with E-state index in [4.69, 9.17) is 14.2 Å². The van der Waals surface area contributed by atoms with Gasteiger partial charge in [0.25, 0.3) is 0 Å². The number of aliphatic hydroxyl groups is 1. The van der Waals surface area contributed by atoms with Gasteiger partial charge in [-0.05, 0) is 50.3 Å². The summed E-state index contributed by atoms with van der Waals surface area (Å²) in [5, 5.41) is 11.4. The number of hydrogen-bond donors (Lipinski definition) is 1. The first kappa shape index (κ1) is 18.8. The highest BCUT2D eigenvalue weighted by atomic mass is 16.6. The number of para-hydroxylation sites is 1. The fraction of sp³-hybridized carbons (Fsp3) is 0.500. The van der Waals surface area contributed by atoms with Crippen LogP contribution in [-0.4, -0.2) is 48.0 Å². The fourth-order valence-corrected chi connectivity index (χ4v) is 5.30. The largest absolute Gasteiger partial charge is 0.490 e. The van der Waals surface area contributed by atoms with E-state index in [9.17, 15) is 5.11 Å². The number of nitrogens with zero attached hydrogens (tertiary/aromatic N) is 1. The van der Waals surface area contributed by atoms with Crippen molar-refractivity contribution in [2.24, 2.45) is 0 Å². The Hall–Kier alpha value is -2.24. The summed E-state index contributed by atoms with van der Waals surface area (Å²) in [7, 11) is 0. The predicted molar refractivity (Wildman–Crippen MR) is 111 cm³/mol. The molecule has 3 unspecified atom stereocenters. The number of benzene rings is 2. The van der Waals surface area contributed by atoms with Gasteiger partial charge in [-0.3, -0.25) is 4.90 Å². The van der Waals surface area contributed by atoms with Crippen LogP contribution in [0.1, 0.15) is 38.2 Å². The molecule has 0 spiro atoms. The highest BCUT2D eigenvalue weighted by molar-refractivity contribution is 5.52. The Morgan fingerprint density at radius 3 is 2.55 bits per heavy atom. The lowest BCUT2D eigenvalue weighted by Gasteiger charge is -2.45. The Labute approximate surface area is 172 Å². The molecule has 0 amide bonds. The molecule has 0 saturated carbocycles. The predicted octanol–water partition coefficient (Wildman–Crippen LogP) is 3.74. The van der Waals surface area contributed by atoms with Gasteiger partial charge >= 0.3 is 0 Å². The van der Waals surface area contributed by atoms with Crippen LogP contribution < -0.4 is 14.2 Å². The van der Waals surface area contributed by atoms with Gasteiger partial charge in [-0.15, -0.1) is 0 Å². The monoisotopic (exact) mass is 395 g/mol. The van der Waals surface area contributed by atoms with E-state index in [0.29, 0.717) is 25.3 Å². The first-order valence-electron chi connectivity index (χ1n) is 10.8. The lowest BCUT2D eigenvalue weighted by atomic mass is 9.80. The maximum Gasteiger partial charge on any atom is 0.204 e. The molecule has 2 bridgehead atoms. The Balaban J connectivity index is 1.29. The van der Waals surface area contributed by atoms with Crippen molar-refractivity contribution >= 4 is 0 Å². The third-order valence-electron chi connectivity index (χ3n) is 6.60. The van der Waals surface area contributed by atoms with Crippen molar-refractivity contribution in [3.05, 3.63) is 54.1 Å². The number of hydrogen-bond acceptors (Lipinski definition) is 5. The van der Waals surface area contributed by atoms with Crippen LogP contribution in [0.4, 0.5) is 0 Å². The van der Waals surface area contributed by atoms with Crippen molar-refractivity contribution in [2.45, 2.75) is 56.4 Å². The molecule has 3 atom stereocenters. The van der Waals surface area contributed by atoms with Crippen LogP contribution in [-0.2, 0) is 5.60 Å². The van der Waals surface area contributed by atoms with Crippen molar-refractivity contribution in [3.63, 3.8) is 0 Å². The normalized spacial score (nSPS) is 30.9. The summed E-state index contributed by atoms with van der Waals surface area (Å²) >= 11 is 0. The van der Waals surface area contributed by atoms with Crippen LogP contribution >= 0.6 is 0 Å². The molecule has 3 aliphatic heterocycles. The van der Waals surface area contributed by atoms with Gasteiger partial charge in [-0.1, -0.05) is 36.4 Å². The molecule has 0 aliphatic carbocycles. The average Bonchev–Trinajstić information content (AvgIpc) is 2.99. The molecule has 5 rings (SSSR count). The molecular formula is C24H29NO4. The van der Waals surface area contributed by atoms with Crippen molar-refractivity contribution in [1.29, 1.82) is 0 Å². The van der Waals surface area contributed by atoms with Crippen molar-refractivity contribution in [2.75, 3.05) is 19.8 Å². The molecule has 0 aromatic heterocycles. The van der Waals surface area contributed by atoms with Crippen LogP contribution in [0.2, 0.25) is 0 Å². The van der Waals surface area contributed by atoms with Crippen molar-refractivity contribution < 1.29 is 19.3 Å². The second-order valence-electron chi connectivity index (χ2n) is 8.45. The Bertz CT molecular complexity index is 841. The summed E-state index contributed by atoms with van der Waals surface area (Å²) in [4.78, 5) is 2.54. The third kappa shape index (κ3) is 3.47. The second kappa shape index (κ2) is 7.54. The van der Waals surface area contributed by atoms with Gasteiger partial charge in [0, 0.05) is 18.6 Å². The second-order valence-corrected chi connectivity index (χ2v) is 8.45. The molecule has 2 fully saturated rings. The zero-order valence-corrected chi connectivity index (χ0v) is 16.9. The number of ether oxygens (including phenoxy) is 3. The maximum absolute atomic E-state index is 11.4. The number of rotatable bonds is 5. The Morgan fingerprint density at radius 2 is 1.83 bits per heavy atom. The van der Waals surface area contributed by atoms with Crippen LogP contribution in [0.25, 0.3) is 0 Å². The van der Waals surface area contributed by atoms with Gasteiger partial charge in [0.15, 0.2) is 11.5 Å². The van der Waals surface area contributed by atoms with Gasteiger partial charge in [-0.25, -0.2) is 0 Å². The molecular weight excluding hydrogens is 366 g/mol. The molecule has 2 saturated heterocycles. The molecule has 3 heterocycles.